The number of rotatable bonds is 4. The van der Waals surface area contributed by atoms with Crippen molar-refractivity contribution in [3.63, 3.8) is 0 Å². The van der Waals surface area contributed by atoms with E-state index in [0.29, 0.717) is 18.7 Å². The normalized spacial score (nSPS) is 20.3. The number of amides is 1. The Hall–Kier alpha value is -2.40. The van der Waals surface area contributed by atoms with E-state index in [4.69, 9.17) is 9.47 Å². The van der Waals surface area contributed by atoms with Crippen molar-refractivity contribution in [1.82, 2.24) is 4.90 Å². The van der Waals surface area contributed by atoms with E-state index >= 15 is 0 Å². The van der Waals surface area contributed by atoms with Crippen molar-refractivity contribution in [3.05, 3.63) is 65.5 Å². The smallest absolute Gasteiger partial charge is 0.254 e. The molecule has 1 aliphatic heterocycles. The van der Waals surface area contributed by atoms with E-state index in [1.165, 1.54) is 25.3 Å². The van der Waals surface area contributed by atoms with Gasteiger partial charge in [0.15, 0.2) is 11.6 Å². The predicted octanol–water partition coefficient (Wildman–Crippen LogP) is 4.07. The summed E-state index contributed by atoms with van der Waals surface area (Å²) in [5, 5.41) is 0. The highest BCUT2D eigenvalue weighted by Crippen LogP contribution is 2.29. The number of hydrogen-bond acceptors (Lipinski definition) is 3. The van der Waals surface area contributed by atoms with Gasteiger partial charge in [-0.1, -0.05) is 44.2 Å². The number of carbonyl (C=O) groups is 1. The zero-order chi connectivity index (χ0) is 18.7. The summed E-state index contributed by atoms with van der Waals surface area (Å²) >= 11 is 0. The maximum Gasteiger partial charge on any atom is 0.254 e. The second kappa shape index (κ2) is 7.87. The largest absolute Gasteiger partial charge is 0.494 e. The van der Waals surface area contributed by atoms with Crippen molar-refractivity contribution in [2.45, 2.75) is 26.1 Å². The number of morpholine rings is 1. The van der Waals surface area contributed by atoms with Crippen molar-refractivity contribution < 1.29 is 18.7 Å². The first kappa shape index (κ1) is 18.4. The Kier molecular flexibility index (Phi) is 5.57. The first-order valence-electron chi connectivity index (χ1n) is 8.82. The fraction of sp³-hybridized carbons (Fsp3) is 0.381. The molecule has 0 bridgehead atoms. The summed E-state index contributed by atoms with van der Waals surface area (Å²) in [6.07, 6.45) is -0.233. The van der Waals surface area contributed by atoms with Crippen LogP contribution in [0.1, 0.15) is 35.9 Å². The molecule has 0 N–H and O–H groups in total. The molecule has 0 aromatic heterocycles. The van der Waals surface area contributed by atoms with Crippen molar-refractivity contribution in [3.8, 4) is 5.75 Å². The summed E-state index contributed by atoms with van der Waals surface area (Å²) < 4.78 is 24.9. The lowest BCUT2D eigenvalue weighted by Crippen LogP contribution is -2.48. The Labute approximate surface area is 153 Å². The van der Waals surface area contributed by atoms with Crippen LogP contribution in [0.25, 0.3) is 0 Å². The molecule has 3 rings (SSSR count). The third kappa shape index (κ3) is 3.88. The molecule has 1 heterocycles. The van der Waals surface area contributed by atoms with Crippen LogP contribution in [0.2, 0.25) is 0 Å². The minimum atomic E-state index is -0.478. The SMILES string of the molecule is COc1cc(C(=O)N2C[C@@H](c3ccccc3)O[C@@H](C(C)C)C2)ccc1F. The maximum atomic E-state index is 13.7. The van der Waals surface area contributed by atoms with Gasteiger partial charge in [-0.2, -0.15) is 0 Å². The van der Waals surface area contributed by atoms with Gasteiger partial charge in [0.2, 0.25) is 0 Å². The van der Waals surface area contributed by atoms with Gasteiger partial charge in [-0.15, -0.1) is 0 Å². The Morgan fingerprint density at radius 2 is 1.92 bits per heavy atom. The highest BCUT2D eigenvalue weighted by atomic mass is 19.1. The van der Waals surface area contributed by atoms with E-state index in [2.05, 4.69) is 13.8 Å². The highest BCUT2D eigenvalue weighted by Gasteiger charge is 2.33. The third-order valence-electron chi connectivity index (χ3n) is 4.73. The van der Waals surface area contributed by atoms with Gasteiger partial charge in [-0.25, -0.2) is 4.39 Å². The molecule has 1 amide bonds. The van der Waals surface area contributed by atoms with E-state index in [-0.39, 0.29) is 29.8 Å². The molecule has 2 aromatic carbocycles. The van der Waals surface area contributed by atoms with Gasteiger partial charge >= 0.3 is 0 Å². The molecular weight excluding hydrogens is 333 g/mol. The fourth-order valence-electron chi connectivity index (χ4n) is 3.15. The number of halogens is 1. The van der Waals surface area contributed by atoms with Gasteiger partial charge in [0.25, 0.3) is 5.91 Å². The van der Waals surface area contributed by atoms with Crippen molar-refractivity contribution >= 4 is 5.91 Å². The van der Waals surface area contributed by atoms with Crippen LogP contribution in [-0.2, 0) is 4.74 Å². The lowest BCUT2D eigenvalue weighted by molar-refractivity contribution is -0.0954. The molecule has 0 spiro atoms. The topological polar surface area (TPSA) is 38.8 Å². The molecule has 138 valence electrons. The Balaban J connectivity index is 1.86. The number of carbonyl (C=O) groups excluding carboxylic acids is 1. The van der Waals surface area contributed by atoms with Gasteiger partial charge in [0, 0.05) is 12.1 Å². The van der Waals surface area contributed by atoms with E-state index in [9.17, 15) is 9.18 Å². The van der Waals surface area contributed by atoms with Crippen molar-refractivity contribution in [2.24, 2.45) is 5.92 Å². The number of benzene rings is 2. The molecule has 26 heavy (non-hydrogen) atoms. The monoisotopic (exact) mass is 357 g/mol. The molecule has 0 saturated carbocycles. The minimum absolute atomic E-state index is 0.0553. The molecule has 0 radical (unpaired) electrons. The Bertz CT molecular complexity index is 763. The van der Waals surface area contributed by atoms with Gasteiger partial charge in [0.1, 0.15) is 6.10 Å². The molecule has 1 saturated heterocycles. The lowest BCUT2D eigenvalue weighted by atomic mass is 10.0. The Morgan fingerprint density at radius 3 is 2.58 bits per heavy atom. The number of hydrogen-bond donors (Lipinski definition) is 0. The molecule has 2 aromatic rings. The average molecular weight is 357 g/mol. The van der Waals surface area contributed by atoms with Gasteiger partial charge in [-0.05, 0) is 29.7 Å². The predicted molar refractivity (Wildman–Crippen MR) is 97.7 cm³/mol. The second-order valence-electron chi connectivity index (χ2n) is 6.88. The van der Waals surface area contributed by atoms with Crippen molar-refractivity contribution in [1.29, 1.82) is 0 Å². The summed E-state index contributed by atoms with van der Waals surface area (Å²) in [5.74, 6) is -0.268. The maximum absolute atomic E-state index is 13.7. The van der Waals surface area contributed by atoms with Gasteiger partial charge < -0.3 is 14.4 Å². The molecule has 1 fully saturated rings. The second-order valence-corrected chi connectivity index (χ2v) is 6.88. The van der Waals surface area contributed by atoms with Crippen LogP contribution in [0.4, 0.5) is 4.39 Å². The average Bonchev–Trinajstić information content (AvgIpc) is 2.68. The first-order valence-corrected chi connectivity index (χ1v) is 8.82. The summed E-state index contributed by atoms with van der Waals surface area (Å²) in [4.78, 5) is 14.8. The minimum Gasteiger partial charge on any atom is -0.494 e. The Morgan fingerprint density at radius 1 is 1.19 bits per heavy atom. The molecule has 0 unspecified atom stereocenters. The quantitative estimate of drug-likeness (QED) is 0.828. The van der Waals surface area contributed by atoms with Crippen LogP contribution < -0.4 is 4.74 Å². The lowest BCUT2D eigenvalue weighted by Gasteiger charge is -2.40. The third-order valence-corrected chi connectivity index (χ3v) is 4.73. The molecule has 1 aliphatic rings. The first-order chi connectivity index (χ1) is 12.5. The number of ether oxygens (including phenoxy) is 2. The van der Waals surface area contributed by atoms with Crippen LogP contribution >= 0.6 is 0 Å². The molecule has 4 nitrogen and oxygen atoms in total. The molecule has 0 aliphatic carbocycles. The summed E-state index contributed by atoms with van der Waals surface area (Å²) in [6, 6.07) is 14.1. The molecule has 5 heteroatoms. The summed E-state index contributed by atoms with van der Waals surface area (Å²) in [7, 11) is 1.39. The van der Waals surface area contributed by atoms with Crippen LogP contribution in [0.5, 0.6) is 5.75 Å². The van der Waals surface area contributed by atoms with E-state index in [1.54, 1.807) is 4.90 Å². The van der Waals surface area contributed by atoms with Crippen molar-refractivity contribution in [2.75, 3.05) is 20.2 Å². The zero-order valence-corrected chi connectivity index (χ0v) is 15.3. The van der Waals surface area contributed by atoms with Gasteiger partial charge in [0.05, 0.1) is 19.8 Å². The van der Waals surface area contributed by atoms with Crippen LogP contribution in [0.15, 0.2) is 48.5 Å². The number of nitrogens with zero attached hydrogens (tertiary/aromatic N) is 1. The molecular formula is C21H24FNO3. The van der Waals surface area contributed by atoms with Crippen LogP contribution in [0.3, 0.4) is 0 Å². The van der Waals surface area contributed by atoms with Gasteiger partial charge in [-0.3, -0.25) is 4.79 Å². The molecule has 2 atom stereocenters. The summed E-state index contributed by atoms with van der Waals surface area (Å²) in [5.41, 5.74) is 1.46. The number of methoxy groups -OCH3 is 1. The van der Waals surface area contributed by atoms with Crippen LogP contribution in [0, 0.1) is 11.7 Å². The fourth-order valence-corrected chi connectivity index (χ4v) is 3.15. The van der Waals surface area contributed by atoms with E-state index in [1.807, 2.05) is 30.3 Å². The standard InChI is InChI=1S/C21H24FNO3/c1-14(2)19-12-23(13-20(26-19)15-7-5-4-6-8-15)21(24)16-9-10-17(22)18(11-16)25-3/h4-11,14,19-20H,12-13H2,1-3H3/t19-,20+/m1/s1. The van der Waals surface area contributed by atoms with Crippen LogP contribution in [-0.4, -0.2) is 37.1 Å². The summed E-state index contributed by atoms with van der Waals surface area (Å²) in [6.45, 7) is 5.15. The van der Waals surface area contributed by atoms with E-state index in [0.717, 1.165) is 5.56 Å². The zero-order valence-electron chi connectivity index (χ0n) is 15.3. The highest BCUT2D eigenvalue weighted by molar-refractivity contribution is 5.94. The van der Waals surface area contributed by atoms with E-state index < -0.39 is 5.82 Å².